The maximum absolute atomic E-state index is 5.49. The van der Waals surface area contributed by atoms with Crippen LogP contribution in [-0.4, -0.2) is 43.7 Å². The molecule has 0 saturated heterocycles. The first-order chi connectivity index (χ1) is 14.0. The van der Waals surface area contributed by atoms with E-state index in [1.165, 1.54) is 10.6 Å². The summed E-state index contributed by atoms with van der Waals surface area (Å²) in [5, 5.41) is 8.83. The van der Waals surface area contributed by atoms with Gasteiger partial charge in [-0.2, -0.15) is 0 Å². The van der Waals surface area contributed by atoms with Crippen LogP contribution < -0.4 is 20.1 Å². The summed E-state index contributed by atoms with van der Waals surface area (Å²) in [5.41, 5.74) is 3.29. The Bertz CT molecular complexity index is 973. The molecule has 0 saturated carbocycles. The van der Waals surface area contributed by atoms with Gasteiger partial charge in [0.1, 0.15) is 16.5 Å². The van der Waals surface area contributed by atoms with Crippen molar-refractivity contribution in [3.63, 3.8) is 0 Å². The molecule has 3 N–H and O–H groups in total. The summed E-state index contributed by atoms with van der Waals surface area (Å²) in [5.74, 6) is 2.39. The zero-order valence-electron chi connectivity index (χ0n) is 17.7. The summed E-state index contributed by atoms with van der Waals surface area (Å²) in [6.07, 6.45) is 1.90. The fourth-order valence-corrected chi connectivity index (χ4v) is 4.01. The van der Waals surface area contributed by atoms with E-state index in [-0.39, 0.29) is 0 Å². The Labute approximate surface area is 175 Å². The van der Waals surface area contributed by atoms with Crippen LogP contribution in [0.5, 0.6) is 11.5 Å². The highest BCUT2D eigenvalue weighted by Gasteiger charge is 2.09. The molecule has 0 spiro atoms. The number of guanidine groups is 1. The molecular formula is C21H29N5O2S. The Kier molecular flexibility index (Phi) is 6.98. The summed E-state index contributed by atoms with van der Waals surface area (Å²) < 4.78 is 10.8. The Morgan fingerprint density at radius 3 is 2.66 bits per heavy atom. The maximum Gasteiger partial charge on any atom is 0.191 e. The van der Waals surface area contributed by atoms with Gasteiger partial charge in [0, 0.05) is 41.7 Å². The number of hydrogen-bond acceptors (Lipinski definition) is 5. The quantitative estimate of drug-likeness (QED) is 0.298. The van der Waals surface area contributed by atoms with Gasteiger partial charge in [0.2, 0.25) is 0 Å². The molecule has 0 aliphatic rings. The number of fused-ring (bicyclic) bond motifs is 1. The minimum atomic E-state index is 0.683. The number of thiazole rings is 1. The number of H-pyrrole nitrogens is 1. The molecule has 1 aromatic carbocycles. The number of nitrogens with zero attached hydrogens (tertiary/aromatic N) is 2. The van der Waals surface area contributed by atoms with E-state index in [4.69, 9.17) is 9.47 Å². The van der Waals surface area contributed by atoms with Crippen LogP contribution in [-0.2, 0) is 13.0 Å². The number of ether oxygens (including phenoxy) is 2. The van der Waals surface area contributed by atoms with Crippen LogP contribution in [0.15, 0.2) is 23.2 Å². The number of nitrogens with one attached hydrogen (secondary N) is 3. The number of aliphatic imine (C=N–C) groups is 1. The smallest absolute Gasteiger partial charge is 0.191 e. The van der Waals surface area contributed by atoms with E-state index < -0.39 is 0 Å². The zero-order valence-corrected chi connectivity index (χ0v) is 18.5. The largest absolute Gasteiger partial charge is 0.497 e. The molecular weight excluding hydrogens is 386 g/mol. The summed E-state index contributed by atoms with van der Waals surface area (Å²) in [7, 11) is 5.12. The highest BCUT2D eigenvalue weighted by molar-refractivity contribution is 7.11. The predicted molar refractivity (Wildman–Crippen MR) is 120 cm³/mol. The third-order valence-electron chi connectivity index (χ3n) is 4.80. The molecule has 8 heteroatoms. The normalized spacial score (nSPS) is 11.7. The van der Waals surface area contributed by atoms with E-state index in [9.17, 15) is 0 Å². The van der Waals surface area contributed by atoms with Gasteiger partial charge in [-0.15, -0.1) is 11.3 Å². The van der Waals surface area contributed by atoms with Gasteiger partial charge in [0.25, 0.3) is 0 Å². The lowest BCUT2D eigenvalue weighted by Gasteiger charge is -2.10. The van der Waals surface area contributed by atoms with Crippen molar-refractivity contribution in [3.05, 3.63) is 39.5 Å². The first-order valence-corrected chi connectivity index (χ1v) is 10.5. The fraction of sp³-hybridized carbons (Fsp3) is 0.429. The van der Waals surface area contributed by atoms with Gasteiger partial charge in [-0.05, 0) is 32.8 Å². The first kappa shape index (κ1) is 21.0. The van der Waals surface area contributed by atoms with Crippen molar-refractivity contribution in [1.29, 1.82) is 0 Å². The molecule has 0 aliphatic heterocycles. The van der Waals surface area contributed by atoms with Gasteiger partial charge >= 0.3 is 0 Å². The molecule has 0 aliphatic carbocycles. The number of hydrogen-bond donors (Lipinski definition) is 3. The highest BCUT2D eigenvalue weighted by Crippen LogP contribution is 2.31. The maximum atomic E-state index is 5.49. The zero-order chi connectivity index (χ0) is 20.8. The Morgan fingerprint density at radius 1 is 1.17 bits per heavy atom. The van der Waals surface area contributed by atoms with Gasteiger partial charge in [-0.3, -0.25) is 4.99 Å². The summed E-state index contributed by atoms with van der Waals surface area (Å²) >= 11 is 1.72. The topological polar surface area (TPSA) is 83.6 Å². The molecule has 0 radical (unpaired) electrons. The lowest BCUT2D eigenvalue weighted by Crippen LogP contribution is -2.37. The standard InChI is InChI=1S/C21H29N5O2S/c1-13-14(2)29-20(25-13)12-24-21(22-3)23-8-6-7-15-9-17-18(26-15)10-16(27-4)11-19(17)28-5/h9-11,26H,6-8,12H2,1-5H3,(H2,22,23,24). The van der Waals surface area contributed by atoms with Crippen LogP contribution in [0.25, 0.3) is 10.9 Å². The van der Waals surface area contributed by atoms with Gasteiger partial charge in [0.05, 0.1) is 32.0 Å². The summed E-state index contributed by atoms with van der Waals surface area (Å²) in [6.45, 7) is 5.64. The Balaban J connectivity index is 1.50. The molecule has 0 unspecified atom stereocenters. The molecule has 3 aromatic rings. The van der Waals surface area contributed by atoms with Crippen LogP contribution in [0, 0.1) is 13.8 Å². The van der Waals surface area contributed by atoms with E-state index in [1.807, 2.05) is 19.1 Å². The van der Waals surface area contributed by atoms with Crippen LogP contribution in [0.1, 0.15) is 27.7 Å². The van der Waals surface area contributed by atoms with E-state index in [1.54, 1.807) is 32.6 Å². The second-order valence-electron chi connectivity index (χ2n) is 6.79. The second kappa shape index (κ2) is 9.65. The van der Waals surface area contributed by atoms with E-state index in [2.05, 4.69) is 38.6 Å². The van der Waals surface area contributed by atoms with Crippen molar-refractivity contribution >= 4 is 28.2 Å². The van der Waals surface area contributed by atoms with Crippen LogP contribution in [0.4, 0.5) is 0 Å². The third-order valence-corrected chi connectivity index (χ3v) is 5.88. The average molecular weight is 416 g/mol. The minimum absolute atomic E-state index is 0.683. The molecule has 2 aromatic heterocycles. The van der Waals surface area contributed by atoms with Gasteiger partial charge in [-0.1, -0.05) is 0 Å². The number of rotatable bonds is 8. The van der Waals surface area contributed by atoms with Crippen molar-refractivity contribution in [1.82, 2.24) is 20.6 Å². The average Bonchev–Trinajstić information content (AvgIpc) is 3.28. The molecule has 7 nitrogen and oxygen atoms in total. The summed E-state index contributed by atoms with van der Waals surface area (Å²) in [4.78, 5) is 13.6. The molecule has 0 atom stereocenters. The predicted octanol–water partition coefficient (Wildman–Crippen LogP) is 3.56. The van der Waals surface area contributed by atoms with Crippen LogP contribution >= 0.6 is 11.3 Å². The minimum Gasteiger partial charge on any atom is -0.497 e. The lowest BCUT2D eigenvalue weighted by molar-refractivity contribution is 0.398. The molecule has 156 valence electrons. The number of benzene rings is 1. The number of aromatic amines is 1. The Hall–Kier alpha value is -2.74. The van der Waals surface area contributed by atoms with Crippen LogP contribution in [0.3, 0.4) is 0 Å². The van der Waals surface area contributed by atoms with Crippen molar-refractivity contribution in [2.24, 2.45) is 4.99 Å². The monoisotopic (exact) mass is 415 g/mol. The molecule has 3 rings (SSSR count). The molecule has 0 fully saturated rings. The number of aryl methyl sites for hydroxylation is 3. The Morgan fingerprint density at radius 2 is 2.00 bits per heavy atom. The summed E-state index contributed by atoms with van der Waals surface area (Å²) in [6, 6.07) is 6.05. The van der Waals surface area contributed by atoms with E-state index in [0.29, 0.717) is 6.54 Å². The SMILES string of the molecule is CN=C(NCCCc1cc2c(OC)cc(OC)cc2[nH]1)NCc1nc(C)c(C)s1. The second-order valence-corrected chi connectivity index (χ2v) is 8.08. The molecule has 0 bridgehead atoms. The number of aromatic nitrogens is 2. The van der Waals surface area contributed by atoms with Crippen molar-refractivity contribution < 1.29 is 9.47 Å². The lowest BCUT2D eigenvalue weighted by atomic mass is 10.2. The van der Waals surface area contributed by atoms with Crippen molar-refractivity contribution in [2.75, 3.05) is 27.8 Å². The first-order valence-electron chi connectivity index (χ1n) is 9.65. The molecule has 0 amide bonds. The molecule has 2 heterocycles. The van der Waals surface area contributed by atoms with Crippen molar-refractivity contribution in [3.8, 4) is 11.5 Å². The fourth-order valence-electron chi connectivity index (χ4n) is 3.14. The third kappa shape index (κ3) is 5.20. The van der Waals surface area contributed by atoms with E-state index in [0.717, 1.165) is 58.4 Å². The van der Waals surface area contributed by atoms with Gasteiger partial charge < -0.3 is 25.1 Å². The highest BCUT2D eigenvalue weighted by atomic mass is 32.1. The van der Waals surface area contributed by atoms with Crippen molar-refractivity contribution in [2.45, 2.75) is 33.2 Å². The van der Waals surface area contributed by atoms with E-state index >= 15 is 0 Å². The number of methoxy groups -OCH3 is 2. The molecule has 29 heavy (non-hydrogen) atoms. The van der Waals surface area contributed by atoms with Gasteiger partial charge in [0.15, 0.2) is 5.96 Å². The van der Waals surface area contributed by atoms with Gasteiger partial charge in [-0.25, -0.2) is 4.98 Å². The van der Waals surface area contributed by atoms with Crippen LogP contribution in [0.2, 0.25) is 0 Å².